The van der Waals surface area contributed by atoms with Crippen LogP contribution >= 0.6 is 0 Å². The molecule has 0 aromatic carbocycles. The molecule has 1 aromatic heterocycles. The van der Waals surface area contributed by atoms with Gasteiger partial charge in [0, 0.05) is 18.0 Å². The second kappa shape index (κ2) is 5.60. The zero-order valence-corrected chi connectivity index (χ0v) is 9.04. The van der Waals surface area contributed by atoms with Gasteiger partial charge in [0.1, 0.15) is 0 Å². The first kappa shape index (κ1) is 12.6. The van der Waals surface area contributed by atoms with Gasteiger partial charge in [0.15, 0.2) is 0 Å². The van der Waals surface area contributed by atoms with Crippen LogP contribution < -0.4 is 10.2 Å². The summed E-state index contributed by atoms with van der Waals surface area (Å²) in [6.45, 7) is 1.36. The predicted octanol–water partition coefficient (Wildman–Crippen LogP) is -1.09. The van der Waals surface area contributed by atoms with E-state index in [2.05, 4.69) is 4.98 Å². The molecule has 0 saturated carbocycles. The fourth-order valence-electron chi connectivity index (χ4n) is 1.21. The molecule has 0 saturated heterocycles. The monoisotopic (exact) mass is 231 g/mol. The lowest BCUT2D eigenvalue weighted by molar-refractivity contribution is -0.298. The van der Waals surface area contributed by atoms with Crippen LogP contribution in [0.1, 0.15) is 12.5 Å². The van der Waals surface area contributed by atoms with E-state index in [-0.39, 0.29) is 11.1 Å². The van der Waals surface area contributed by atoms with Crippen LogP contribution in [0.5, 0.6) is 0 Å². The van der Waals surface area contributed by atoms with Crippen LogP contribution in [0.2, 0.25) is 0 Å². The van der Waals surface area contributed by atoms with Gasteiger partial charge in [0.05, 0.1) is 11.9 Å². The van der Waals surface area contributed by atoms with Crippen molar-refractivity contribution in [3.63, 3.8) is 0 Å². The van der Waals surface area contributed by atoms with Crippen LogP contribution in [0.25, 0.3) is 6.08 Å². The van der Waals surface area contributed by atoms with E-state index < -0.39 is 11.9 Å². The van der Waals surface area contributed by atoms with Gasteiger partial charge in [-0.2, -0.15) is 0 Å². The van der Waals surface area contributed by atoms with E-state index in [4.69, 9.17) is 0 Å². The maximum Gasteiger partial charge on any atom is 0.0718 e. The minimum atomic E-state index is -1.45. The molecule has 17 heavy (non-hydrogen) atoms. The highest BCUT2D eigenvalue weighted by Gasteiger charge is 2.02. The molecule has 0 radical (unpaired) electrons. The summed E-state index contributed by atoms with van der Waals surface area (Å²) >= 11 is 0. The highest BCUT2D eigenvalue weighted by atomic mass is 16.4. The van der Waals surface area contributed by atoms with Crippen LogP contribution in [-0.4, -0.2) is 16.9 Å². The topological polar surface area (TPSA) is 93.2 Å². The zero-order valence-electron chi connectivity index (χ0n) is 9.04. The van der Waals surface area contributed by atoms with Gasteiger partial charge in [-0.1, -0.05) is 0 Å². The molecular formula is C12H9NO4-2. The number of carbonyl (C=O) groups excluding carboxylic acids is 2. The molecule has 0 bridgehead atoms. The van der Waals surface area contributed by atoms with Crippen molar-refractivity contribution >= 4 is 18.0 Å². The number of hydrogen-bond donors (Lipinski definition) is 0. The predicted molar refractivity (Wildman–Crippen MR) is 56.0 cm³/mol. The average Bonchev–Trinajstić information content (AvgIpc) is 2.25. The van der Waals surface area contributed by atoms with E-state index in [0.29, 0.717) is 11.6 Å². The molecule has 1 heterocycles. The van der Waals surface area contributed by atoms with Gasteiger partial charge in [-0.05, 0) is 42.3 Å². The first-order chi connectivity index (χ1) is 8.00. The smallest absolute Gasteiger partial charge is 0.0718 e. The van der Waals surface area contributed by atoms with Crippen LogP contribution in [0.15, 0.2) is 41.7 Å². The van der Waals surface area contributed by atoms with Crippen molar-refractivity contribution in [1.29, 1.82) is 0 Å². The molecule has 5 heteroatoms. The van der Waals surface area contributed by atoms with Gasteiger partial charge in [-0.15, -0.1) is 0 Å². The largest absolute Gasteiger partial charge is 0.545 e. The Morgan fingerprint density at radius 2 is 1.82 bits per heavy atom. The Morgan fingerprint density at radius 3 is 2.29 bits per heavy atom. The second-order valence-electron chi connectivity index (χ2n) is 3.27. The zero-order chi connectivity index (χ0) is 12.8. The van der Waals surface area contributed by atoms with Gasteiger partial charge in [-0.3, -0.25) is 4.98 Å². The Morgan fingerprint density at radius 1 is 1.24 bits per heavy atom. The number of carboxylic acids is 2. The molecule has 0 amide bonds. The van der Waals surface area contributed by atoms with Crippen molar-refractivity contribution in [1.82, 2.24) is 4.98 Å². The van der Waals surface area contributed by atoms with Gasteiger partial charge in [0.2, 0.25) is 0 Å². The summed E-state index contributed by atoms with van der Waals surface area (Å²) in [5, 5.41) is 21.2. The van der Waals surface area contributed by atoms with E-state index in [1.54, 1.807) is 12.1 Å². The van der Waals surface area contributed by atoms with E-state index in [1.165, 1.54) is 25.4 Å². The number of aromatic nitrogens is 1. The summed E-state index contributed by atoms with van der Waals surface area (Å²) < 4.78 is 0. The maximum absolute atomic E-state index is 10.9. The quantitative estimate of drug-likeness (QED) is 0.485. The third kappa shape index (κ3) is 3.90. The Bertz CT molecular complexity index is 488. The minimum Gasteiger partial charge on any atom is -0.545 e. The molecule has 0 N–H and O–H groups in total. The average molecular weight is 231 g/mol. The molecule has 5 nitrogen and oxygen atoms in total. The minimum absolute atomic E-state index is 0.0572. The molecule has 88 valence electrons. The standard InChI is InChI=1S/C12H11NO4/c1-8(6-11(14)15)10(12(16)17)7-9-2-4-13-5-3-9/h2-7H,1H3,(H,14,15)(H,16,17)/p-2/b8-6-,10-7+. The van der Waals surface area contributed by atoms with E-state index >= 15 is 0 Å². The van der Waals surface area contributed by atoms with Crippen molar-refractivity contribution in [2.75, 3.05) is 0 Å². The number of carbonyl (C=O) groups is 2. The Hall–Kier alpha value is -2.43. The molecule has 0 aliphatic carbocycles. The maximum atomic E-state index is 10.9. The van der Waals surface area contributed by atoms with Crippen molar-refractivity contribution in [2.24, 2.45) is 0 Å². The van der Waals surface area contributed by atoms with E-state index in [1.807, 2.05) is 0 Å². The summed E-state index contributed by atoms with van der Waals surface area (Å²) in [5.41, 5.74) is 0.438. The number of aliphatic carboxylic acids is 2. The number of hydrogen-bond acceptors (Lipinski definition) is 5. The highest BCUT2D eigenvalue weighted by Crippen LogP contribution is 2.13. The summed E-state index contributed by atoms with van der Waals surface area (Å²) in [6.07, 6.45) is 5.02. The molecule has 0 spiro atoms. The Balaban J connectivity index is 3.15. The van der Waals surface area contributed by atoms with Crippen LogP contribution in [0.4, 0.5) is 0 Å². The summed E-state index contributed by atoms with van der Waals surface area (Å²) in [7, 11) is 0. The molecule has 0 unspecified atom stereocenters. The molecule has 0 atom stereocenters. The van der Waals surface area contributed by atoms with Crippen molar-refractivity contribution in [3.05, 3.63) is 47.3 Å². The molecular weight excluding hydrogens is 222 g/mol. The Labute approximate surface area is 97.7 Å². The second-order valence-corrected chi connectivity index (χ2v) is 3.27. The van der Waals surface area contributed by atoms with Gasteiger partial charge >= 0.3 is 0 Å². The van der Waals surface area contributed by atoms with E-state index in [0.717, 1.165) is 0 Å². The number of rotatable bonds is 4. The van der Waals surface area contributed by atoms with Gasteiger partial charge in [-0.25, -0.2) is 0 Å². The fourth-order valence-corrected chi connectivity index (χ4v) is 1.21. The van der Waals surface area contributed by atoms with Gasteiger partial charge < -0.3 is 19.8 Å². The SMILES string of the molecule is CC(=C/C(=O)[O-])/C(=C\c1ccncc1)C(=O)[O-]. The first-order valence-corrected chi connectivity index (χ1v) is 4.73. The van der Waals surface area contributed by atoms with Crippen LogP contribution in [0.3, 0.4) is 0 Å². The highest BCUT2D eigenvalue weighted by molar-refractivity contribution is 5.97. The molecule has 0 aliphatic rings. The van der Waals surface area contributed by atoms with E-state index in [9.17, 15) is 19.8 Å². The lowest BCUT2D eigenvalue weighted by Crippen LogP contribution is -2.26. The summed E-state index contributed by atoms with van der Waals surface area (Å²) in [5.74, 6) is -2.90. The normalized spacial score (nSPS) is 12.3. The lowest BCUT2D eigenvalue weighted by atomic mass is 10.0. The Kier molecular flexibility index (Phi) is 4.16. The number of pyridine rings is 1. The fraction of sp³-hybridized carbons (Fsp3) is 0.0833. The first-order valence-electron chi connectivity index (χ1n) is 4.73. The number of nitrogens with zero attached hydrogens (tertiary/aromatic N) is 1. The molecule has 0 aliphatic heterocycles. The molecule has 1 aromatic rings. The van der Waals surface area contributed by atoms with Crippen LogP contribution in [0, 0.1) is 0 Å². The molecule has 1 rings (SSSR count). The number of carboxylic acid groups (broad SMARTS) is 2. The van der Waals surface area contributed by atoms with Crippen molar-refractivity contribution < 1.29 is 19.8 Å². The lowest BCUT2D eigenvalue weighted by Gasteiger charge is -2.10. The summed E-state index contributed by atoms with van der Waals surface area (Å²) in [6, 6.07) is 3.18. The van der Waals surface area contributed by atoms with Crippen molar-refractivity contribution in [3.8, 4) is 0 Å². The van der Waals surface area contributed by atoms with Crippen LogP contribution in [-0.2, 0) is 9.59 Å². The third-order valence-corrected chi connectivity index (χ3v) is 2.00. The third-order valence-electron chi connectivity index (χ3n) is 2.00. The molecule has 0 fully saturated rings. The summed E-state index contributed by atoms with van der Waals surface area (Å²) in [4.78, 5) is 25.0. The van der Waals surface area contributed by atoms with Crippen molar-refractivity contribution in [2.45, 2.75) is 6.92 Å². The van der Waals surface area contributed by atoms with Gasteiger partial charge in [0.25, 0.3) is 0 Å².